The van der Waals surface area contributed by atoms with Crippen LogP contribution in [-0.2, 0) is 4.79 Å². The number of hydrogen-bond acceptors (Lipinski definition) is 5. The fourth-order valence-electron chi connectivity index (χ4n) is 2.69. The standard InChI is InChI=1S/C16H20N4OS/c1-11-5-6-15(17-8-11)19-16-18-14(10-22-16)13-4-3-7-20(9-13)12(2)21/h5-6,8,10,13H,3-4,7,9H2,1-2H3,(H,17,18,19). The summed E-state index contributed by atoms with van der Waals surface area (Å²) in [7, 11) is 0. The van der Waals surface area contributed by atoms with E-state index in [1.165, 1.54) is 0 Å². The lowest BCUT2D eigenvalue weighted by molar-refractivity contribution is -0.130. The summed E-state index contributed by atoms with van der Waals surface area (Å²) in [6.07, 6.45) is 3.97. The van der Waals surface area contributed by atoms with Crippen LogP contribution in [0.5, 0.6) is 0 Å². The number of piperidine rings is 1. The number of amides is 1. The molecule has 0 bridgehead atoms. The largest absolute Gasteiger partial charge is 0.342 e. The minimum atomic E-state index is 0.155. The Hall–Kier alpha value is -1.95. The topological polar surface area (TPSA) is 58.1 Å². The first-order chi connectivity index (χ1) is 10.6. The molecular formula is C16H20N4OS. The highest BCUT2D eigenvalue weighted by atomic mass is 32.1. The molecule has 1 saturated heterocycles. The molecule has 3 rings (SSSR count). The summed E-state index contributed by atoms with van der Waals surface area (Å²) in [5.74, 6) is 1.30. The molecule has 2 aromatic rings. The van der Waals surface area contributed by atoms with E-state index in [1.807, 2.05) is 30.2 Å². The molecule has 6 heteroatoms. The van der Waals surface area contributed by atoms with E-state index in [-0.39, 0.29) is 5.91 Å². The first kappa shape index (κ1) is 15.0. The van der Waals surface area contributed by atoms with Crippen molar-refractivity contribution in [2.24, 2.45) is 0 Å². The van der Waals surface area contributed by atoms with Crippen LogP contribution in [0.4, 0.5) is 10.9 Å². The summed E-state index contributed by atoms with van der Waals surface area (Å²) in [6.45, 7) is 5.30. The van der Waals surface area contributed by atoms with E-state index in [9.17, 15) is 4.79 Å². The van der Waals surface area contributed by atoms with Gasteiger partial charge in [-0.05, 0) is 31.4 Å². The van der Waals surface area contributed by atoms with Crippen LogP contribution in [-0.4, -0.2) is 33.9 Å². The number of thiazole rings is 1. The zero-order chi connectivity index (χ0) is 15.5. The van der Waals surface area contributed by atoms with Gasteiger partial charge in [0, 0.05) is 37.5 Å². The van der Waals surface area contributed by atoms with Crippen LogP contribution in [0.2, 0.25) is 0 Å². The Bertz CT molecular complexity index is 652. The second-order valence-corrected chi connectivity index (χ2v) is 6.59. The molecule has 22 heavy (non-hydrogen) atoms. The SMILES string of the molecule is CC(=O)N1CCCC(c2csc(Nc3ccc(C)cn3)n2)C1. The molecule has 1 unspecified atom stereocenters. The van der Waals surface area contributed by atoms with E-state index in [0.29, 0.717) is 5.92 Å². The number of nitrogens with zero attached hydrogens (tertiary/aromatic N) is 3. The molecule has 0 spiro atoms. The van der Waals surface area contributed by atoms with Gasteiger partial charge in [0.15, 0.2) is 5.13 Å². The Morgan fingerprint density at radius 1 is 1.45 bits per heavy atom. The summed E-state index contributed by atoms with van der Waals surface area (Å²) >= 11 is 1.59. The number of carbonyl (C=O) groups is 1. The quantitative estimate of drug-likeness (QED) is 0.944. The van der Waals surface area contributed by atoms with Crippen LogP contribution in [0, 0.1) is 6.92 Å². The van der Waals surface area contributed by atoms with Crippen LogP contribution >= 0.6 is 11.3 Å². The second-order valence-electron chi connectivity index (χ2n) is 5.73. The van der Waals surface area contributed by atoms with Crippen molar-refractivity contribution in [3.8, 4) is 0 Å². The number of rotatable bonds is 3. The summed E-state index contributed by atoms with van der Waals surface area (Å²) in [5.41, 5.74) is 2.21. The molecule has 1 amide bonds. The first-order valence-electron chi connectivity index (χ1n) is 7.52. The van der Waals surface area contributed by atoms with E-state index in [1.54, 1.807) is 18.3 Å². The highest BCUT2D eigenvalue weighted by Crippen LogP contribution is 2.30. The lowest BCUT2D eigenvalue weighted by atomic mass is 9.95. The lowest BCUT2D eigenvalue weighted by Crippen LogP contribution is -2.37. The molecule has 1 aliphatic rings. The zero-order valence-corrected chi connectivity index (χ0v) is 13.7. The van der Waals surface area contributed by atoms with Crippen LogP contribution in [0.1, 0.15) is 36.9 Å². The van der Waals surface area contributed by atoms with Gasteiger partial charge in [-0.25, -0.2) is 9.97 Å². The number of pyridine rings is 1. The molecule has 3 heterocycles. The summed E-state index contributed by atoms with van der Waals surface area (Å²) < 4.78 is 0. The number of likely N-dealkylation sites (tertiary alicyclic amines) is 1. The van der Waals surface area contributed by atoms with Gasteiger partial charge in [0.05, 0.1) is 5.69 Å². The van der Waals surface area contributed by atoms with E-state index in [0.717, 1.165) is 48.1 Å². The lowest BCUT2D eigenvalue weighted by Gasteiger charge is -2.31. The van der Waals surface area contributed by atoms with Gasteiger partial charge >= 0.3 is 0 Å². The summed E-state index contributed by atoms with van der Waals surface area (Å²) in [5, 5.41) is 6.18. The highest BCUT2D eigenvalue weighted by Gasteiger charge is 2.24. The molecule has 1 fully saturated rings. The van der Waals surface area contributed by atoms with Crippen molar-refractivity contribution in [2.45, 2.75) is 32.6 Å². The van der Waals surface area contributed by atoms with E-state index < -0.39 is 0 Å². The number of hydrogen-bond donors (Lipinski definition) is 1. The van der Waals surface area contributed by atoms with Crippen molar-refractivity contribution in [3.05, 3.63) is 35.0 Å². The number of carbonyl (C=O) groups excluding carboxylic acids is 1. The zero-order valence-electron chi connectivity index (χ0n) is 12.9. The van der Waals surface area contributed by atoms with Crippen molar-refractivity contribution < 1.29 is 4.79 Å². The Morgan fingerprint density at radius 3 is 3.05 bits per heavy atom. The van der Waals surface area contributed by atoms with Crippen LogP contribution < -0.4 is 5.32 Å². The molecule has 1 atom stereocenters. The average molecular weight is 316 g/mol. The van der Waals surface area contributed by atoms with Crippen molar-refractivity contribution in [1.29, 1.82) is 0 Å². The highest BCUT2D eigenvalue weighted by molar-refractivity contribution is 7.13. The fourth-order valence-corrected chi connectivity index (χ4v) is 3.49. The molecule has 5 nitrogen and oxygen atoms in total. The van der Waals surface area contributed by atoms with Gasteiger partial charge in [0.2, 0.25) is 5.91 Å². The number of aromatic nitrogens is 2. The Labute approximate surface area is 134 Å². The number of aryl methyl sites for hydroxylation is 1. The minimum absolute atomic E-state index is 0.155. The third-order valence-corrected chi connectivity index (χ3v) is 4.73. The van der Waals surface area contributed by atoms with Gasteiger partial charge in [-0.3, -0.25) is 4.79 Å². The normalized spacial score (nSPS) is 18.3. The molecule has 116 valence electrons. The first-order valence-corrected chi connectivity index (χ1v) is 8.40. The van der Waals surface area contributed by atoms with Crippen LogP contribution in [0.15, 0.2) is 23.7 Å². The van der Waals surface area contributed by atoms with Gasteiger partial charge in [0.25, 0.3) is 0 Å². The van der Waals surface area contributed by atoms with E-state index >= 15 is 0 Å². The molecule has 0 aliphatic carbocycles. The second kappa shape index (κ2) is 6.44. The molecular weight excluding hydrogens is 296 g/mol. The van der Waals surface area contributed by atoms with Gasteiger partial charge in [0.1, 0.15) is 5.82 Å². The Balaban J connectivity index is 1.68. The molecule has 1 N–H and O–H groups in total. The average Bonchev–Trinajstić information content (AvgIpc) is 2.98. The number of anilines is 2. The summed E-state index contributed by atoms with van der Waals surface area (Å²) in [6, 6.07) is 3.98. The smallest absolute Gasteiger partial charge is 0.219 e. The molecule has 0 radical (unpaired) electrons. The van der Waals surface area contributed by atoms with Crippen LogP contribution in [0.25, 0.3) is 0 Å². The third kappa shape index (κ3) is 3.44. The maximum absolute atomic E-state index is 11.5. The Kier molecular flexibility index (Phi) is 4.38. The minimum Gasteiger partial charge on any atom is -0.342 e. The maximum atomic E-state index is 11.5. The van der Waals surface area contributed by atoms with Crippen LogP contribution in [0.3, 0.4) is 0 Å². The predicted molar refractivity (Wildman–Crippen MR) is 88.6 cm³/mol. The van der Waals surface area contributed by atoms with Crippen molar-refractivity contribution in [3.63, 3.8) is 0 Å². The van der Waals surface area contributed by atoms with E-state index in [4.69, 9.17) is 0 Å². The summed E-state index contributed by atoms with van der Waals surface area (Å²) in [4.78, 5) is 22.5. The van der Waals surface area contributed by atoms with Gasteiger partial charge in [-0.2, -0.15) is 0 Å². The molecule has 1 aliphatic heterocycles. The van der Waals surface area contributed by atoms with Crippen molar-refractivity contribution >= 4 is 28.2 Å². The van der Waals surface area contributed by atoms with E-state index in [2.05, 4.69) is 20.7 Å². The van der Waals surface area contributed by atoms with Gasteiger partial charge in [-0.15, -0.1) is 11.3 Å². The Morgan fingerprint density at radius 2 is 2.32 bits per heavy atom. The number of nitrogens with one attached hydrogen (secondary N) is 1. The molecule has 0 saturated carbocycles. The fraction of sp³-hybridized carbons (Fsp3) is 0.438. The van der Waals surface area contributed by atoms with Gasteiger partial charge in [-0.1, -0.05) is 6.07 Å². The predicted octanol–water partition coefficient (Wildman–Crippen LogP) is 3.32. The van der Waals surface area contributed by atoms with Crippen molar-refractivity contribution in [1.82, 2.24) is 14.9 Å². The molecule has 2 aromatic heterocycles. The molecule has 0 aromatic carbocycles. The monoisotopic (exact) mass is 316 g/mol. The maximum Gasteiger partial charge on any atom is 0.219 e. The third-order valence-electron chi connectivity index (χ3n) is 3.95. The van der Waals surface area contributed by atoms with Crippen molar-refractivity contribution in [2.75, 3.05) is 18.4 Å². The van der Waals surface area contributed by atoms with Gasteiger partial charge < -0.3 is 10.2 Å².